The van der Waals surface area contributed by atoms with Gasteiger partial charge in [0.05, 0.1) is 0 Å². The Morgan fingerprint density at radius 3 is 1.53 bits per heavy atom. The van der Waals surface area contributed by atoms with Crippen molar-refractivity contribution in [2.75, 3.05) is 0 Å². The number of hydrogen-bond donors (Lipinski definition) is 0. The maximum atomic E-state index is 6.91. The number of rotatable bonds is 4. The van der Waals surface area contributed by atoms with E-state index in [0.29, 0.717) is 17.5 Å². The minimum absolute atomic E-state index is 0.572. The lowest BCUT2D eigenvalue weighted by Crippen LogP contribution is -2.01. The zero-order valence-corrected chi connectivity index (χ0v) is 32.1. The molecule has 0 aliphatic rings. The summed E-state index contributed by atoms with van der Waals surface area (Å²) in [6.45, 7) is 0. The fourth-order valence-electron chi connectivity index (χ4n) is 9.23. The number of para-hydroxylation sites is 2. The van der Waals surface area contributed by atoms with Crippen molar-refractivity contribution in [2.45, 2.75) is 0 Å². The van der Waals surface area contributed by atoms with E-state index >= 15 is 0 Å². The molecule has 0 saturated carbocycles. The summed E-state index contributed by atoms with van der Waals surface area (Å²) in [6, 6.07) is 65.6. The molecule has 0 saturated heterocycles. The second-order valence-electron chi connectivity index (χ2n) is 15.5. The average molecular weight is 766 g/mol. The molecule has 10 aromatic carbocycles. The first-order valence-corrected chi connectivity index (χ1v) is 20.2. The third-order valence-corrected chi connectivity index (χ3v) is 12.1. The van der Waals surface area contributed by atoms with E-state index in [1.165, 1.54) is 16.2 Å². The highest BCUT2D eigenvalue weighted by molar-refractivity contribution is 6.24. The lowest BCUT2D eigenvalue weighted by Gasteiger charge is -2.13. The van der Waals surface area contributed by atoms with Gasteiger partial charge in [0, 0.05) is 49.2 Å². The van der Waals surface area contributed by atoms with Crippen LogP contribution in [0.3, 0.4) is 0 Å². The van der Waals surface area contributed by atoms with Crippen LogP contribution in [0, 0.1) is 0 Å². The summed E-state index contributed by atoms with van der Waals surface area (Å²) in [4.78, 5) is 15.8. The molecule has 5 nitrogen and oxygen atoms in total. The van der Waals surface area contributed by atoms with Crippen molar-refractivity contribution in [1.29, 1.82) is 0 Å². The largest absolute Gasteiger partial charge is 0.455 e. The van der Waals surface area contributed by atoms with Crippen molar-refractivity contribution in [3.63, 3.8) is 0 Å². The predicted octanol–water partition coefficient (Wildman–Crippen LogP) is 15.0. The summed E-state index contributed by atoms with van der Waals surface area (Å²) >= 11 is 0. The van der Waals surface area contributed by atoms with Crippen LogP contribution in [0.25, 0.3) is 132 Å². The summed E-state index contributed by atoms with van der Waals surface area (Å²) in [5, 5.41) is 13.3. The zero-order valence-electron chi connectivity index (χ0n) is 32.1. The molecule has 13 rings (SSSR count). The van der Waals surface area contributed by atoms with Gasteiger partial charge in [-0.25, -0.2) is 15.0 Å². The van der Waals surface area contributed by atoms with Crippen LogP contribution in [0.2, 0.25) is 0 Å². The number of hydrogen-bond acceptors (Lipinski definition) is 5. The van der Waals surface area contributed by atoms with E-state index < -0.39 is 0 Å². The fraction of sp³-hybridized carbons (Fsp3) is 0. The molecule has 5 heteroatoms. The van der Waals surface area contributed by atoms with Crippen LogP contribution in [0.4, 0.5) is 0 Å². The van der Waals surface area contributed by atoms with Crippen molar-refractivity contribution in [1.82, 2.24) is 15.0 Å². The number of fused-ring (bicyclic) bond motifs is 12. The lowest BCUT2D eigenvalue weighted by molar-refractivity contribution is 0.670. The van der Waals surface area contributed by atoms with E-state index in [4.69, 9.17) is 23.8 Å². The quantitative estimate of drug-likeness (QED) is 0.167. The van der Waals surface area contributed by atoms with Gasteiger partial charge in [-0.05, 0) is 85.7 Å². The Labute approximate surface area is 342 Å². The normalized spacial score (nSPS) is 12.0. The highest BCUT2D eigenvalue weighted by Crippen LogP contribution is 2.47. The summed E-state index contributed by atoms with van der Waals surface area (Å²) in [7, 11) is 0. The smallest absolute Gasteiger partial charge is 0.164 e. The van der Waals surface area contributed by atoms with Crippen LogP contribution in [0.15, 0.2) is 197 Å². The van der Waals surface area contributed by atoms with Gasteiger partial charge in [-0.15, -0.1) is 0 Å². The molecule has 278 valence electrons. The molecule has 0 atom stereocenters. The van der Waals surface area contributed by atoms with Crippen LogP contribution in [-0.2, 0) is 0 Å². The van der Waals surface area contributed by atoms with Crippen LogP contribution in [0.1, 0.15) is 0 Å². The molecule has 0 spiro atoms. The third kappa shape index (κ3) is 4.96. The second kappa shape index (κ2) is 12.7. The third-order valence-electron chi connectivity index (χ3n) is 12.1. The molecule has 0 bridgehead atoms. The summed E-state index contributed by atoms with van der Waals surface area (Å²) < 4.78 is 13.5. The highest BCUT2D eigenvalue weighted by Gasteiger charge is 2.24. The van der Waals surface area contributed by atoms with Gasteiger partial charge < -0.3 is 8.83 Å². The Balaban J connectivity index is 1.09. The number of furan rings is 2. The van der Waals surface area contributed by atoms with Gasteiger partial charge in [0.2, 0.25) is 0 Å². The highest BCUT2D eigenvalue weighted by atomic mass is 16.3. The zero-order chi connectivity index (χ0) is 39.3. The molecule has 0 fully saturated rings. The van der Waals surface area contributed by atoms with Crippen molar-refractivity contribution in [3.8, 4) is 45.3 Å². The van der Waals surface area contributed by atoms with Crippen molar-refractivity contribution < 1.29 is 8.83 Å². The van der Waals surface area contributed by atoms with Gasteiger partial charge >= 0.3 is 0 Å². The van der Waals surface area contributed by atoms with Gasteiger partial charge in [0.1, 0.15) is 22.3 Å². The molecule has 0 aliphatic carbocycles. The Kier molecular flexibility index (Phi) is 6.95. The second-order valence-corrected chi connectivity index (χ2v) is 15.5. The molecular weight excluding hydrogens is 735 g/mol. The van der Waals surface area contributed by atoms with Gasteiger partial charge in [-0.1, -0.05) is 146 Å². The van der Waals surface area contributed by atoms with Crippen molar-refractivity contribution in [3.05, 3.63) is 188 Å². The predicted molar refractivity (Wildman–Crippen MR) is 246 cm³/mol. The number of aromatic nitrogens is 3. The first-order chi connectivity index (χ1) is 29.7. The fourth-order valence-corrected chi connectivity index (χ4v) is 9.23. The van der Waals surface area contributed by atoms with E-state index in [9.17, 15) is 0 Å². The molecule has 3 heterocycles. The van der Waals surface area contributed by atoms with Crippen molar-refractivity contribution in [2.24, 2.45) is 0 Å². The maximum Gasteiger partial charge on any atom is 0.164 e. The Bertz CT molecular complexity index is 3910. The van der Waals surface area contributed by atoms with E-state index in [2.05, 4.69) is 164 Å². The SMILES string of the molecule is c1ccc2cc(-c3nc(-c4ccc5c(ccc6ccccc65)c4)nc(-c4ccc(-c5cc6ccccc6c6oc7ccccc7c56)c5oc6ccccc6c45)n3)ccc2c1. The average Bonchev–Trinajstić information content (AvgIpc) is 3.91. The molecule has 60 heavy (non-hydrogen) atoms. The van der Waals surface area contributed by atoms with E-state index in [0.717, 1.165) is 98.6 Å². The monoisotopic (exact) mass is 765 g/mol. The number of benzene rings is 10. The number of nitrogens with zero attached hydrogens (tertiary/aromatic N) is 3. The van der Waals surface area contributed by atoms with E-state index in [-0.39, 0.29) is 0 Å². The Morgan fingerprint density at radius 1 is 0.283 bits per heavy atom. The lowest BCUT2D eigenvalue weighted by atomic mass is 9.92. The van der Waals surface area contributed by atoms with E-state index in [1.54, 1.807) is 0 Å². The van der Waals surface area contributed by atoms with Crippen molar-refractivity contribution >= 4 is 87.0 Å². The molecule has 0 N–H and O–H groups in total. The first-order valence-electron chi connectivity index (χ1n) is 20.2. The van der Waals surface area contributed by atoms with Crippen LogP contribution in [0.5, 0.6) is 0 Å². The van der Waals surface area contributed by atoms with Crippen LogP contribution >= 0.6 is 0 Å². The molecule has 0 aliphatic heterocycles. The van der Waals surface area contributed by atoms with Crippen LogP contribution < -0.4 is 0 Å². The Morgan fingerprint density at radius 2 is 0.767 bits per heavy atom. The topological polar surface area (TPSA) is 65.0 Å². The first kappa shape index (κ1) is 32.9. The van der Waals surface area contributed by atoms with Crippen LogP contribution in [-0.4, -0.2) is 15.0 Å². The van der Waals surface area contributed by atoms with E-state index in [1.807, 2.05) is 24.3 Å². The van der Waals surface area contributed by atoms with Gasteiger partial charge in [-0.3, -0.25) is 0 Å². The van der Waals surface area contributed by atoms with Gasteiger partial charge in [0.15, 0.2) is 17.5 Å². The summed E-state index contributed by atoms with van der Waals surface area (Å²) in [5.74, 6) is 1.78. The van der Waals surface area contributed by atoms with Gasteiger partial charge in [0.25, 0.3) is 0 Å². The van der Waals surface area contributed by atoms with Gasteiger partial charge in [-0.2, -0.15) is 0 Å². The maximum absolute atomic E-state index is 6.91. The summed E-state index contributed by atoms with van der Waals surface area (Å²) in [5.41, 5.74) is 7.99. The molecule has 0 amide bonds. The Hall–Kier alpha value is -8.15. The molecule has 0 unspecified atom stereocenters. The molecular formula is C55H31N3O2. The standard InChI is InChI=1S/C55H31N3O2/c1-2-13-34-29-37(24-21-32(34)11-1)53-56-54(38-25-26-40-36(30-38)23-22-33-12-3-5-15-39(33)40)58-55(57-53)45-28-27-42(52-49(45)43-17-7-9-19-47(43)60-52)46-31-35-14-4-6-16-41(35)51-50(46)44-18-8-10-20-48(44)59-51/h1-31H. The molecule has 13 aromatic rings. The molecule has 3 aromatic heterocycles. The minimum atomic E-state index is 0.572. The molecule has 0 radical (unpaired) electrons. The minimum Gasteiger partial charge on any atom is -0.455 e. The summed E-state index contributed by atoms with van der Waals surface area (Å²) in [6.07, 6.45) is 0.